The molecule has 0 saturated heterocycles. The molecule has 0 saturated carbocycles. The summed E-state index contributed by atoms with van der Waals surface area (Å²) in [6.07, 6.45) is 3.66. The molecule has 0 amide bonds. The summed E-state index contributed by atoms with van der Waals surface area (Å²) in [6.45, 7) is -0.0460. The number of ether oxygens (including phenoxy) is 1. The van der Waals surface area contributed by atoms with E-state index >= 15 is 0 Å². The van der Waals surface area contributed by atoms with Gasteiger partial charge in [0.1, 0.15) is 5.75 Å². The molecule has 0 aliphatic heterocycles. The van der Waals surface area contributed by atoms with Gasteiger partial charge in [0, 0.05) is 28.9 Å². The molecule has 0 aliphatic rings. The lowest BCUT2D eigenvalue weighted by Crippen LogP contribution is -1.93. The van der Waals surface area contributed by atoms with Crippen LogP contribution in [0, 0.1) is 0 Å². The Bertz CT molecular complexity index is 739. The fourth-order valence-corrected chi connectivity index (χ4v) is 2.40. The minimum Gasteiger partial charge on any atom is -0.496 e. The molecule has 2 aromatic carbocycles. The van der Waals surface area contributed by atoms with Crippen molar-refractivity contribution in [3.63, 3.8) is 0 Å². The van der Waals surface area contributed by atoms with Crippen LogP contribution in [0.3, 0.4) is 0 Å². The molecule has 0 aliphatic carbocycles. The second-order valence-corrected chi connectivity index (χ2v) is 4.60. The fourth-order valence-electron chi connectivity index (χ4n) is 2.40. The first-order valence-corrected chi connectivity index (χ1v) is 6.44. The third-order valence-electron chi connectivity index (χ3n) is 3.42. The first-order chi connectivity index (χ1) is 9.83. The van der Waals surface area contributed by atoms with E-state index in [9.17, 15) is 5.11 Å². The standard InChI is InChI=1S/C17H15NO2/c1-20-17-8-13-9-18-10-16(12-5-3-2-4-6-12)15(13)7-14(17)11-19/h2-10,19H,11H2,1H3. The number of fused-ring (bicyclic) bond motifs is 1. The lowest BCUT2D eigenvalue weighted by atomic mass is 9.99. The summed E-state index contributed by atoms with van der Waals surface area (Å²) >= 11 is 0. The third-order valence-corrected chi connectivity index (χ3v) is 3.42. The molecular formula is C17H15NO2. The van der Waals surface area contributed by atoms with Gasteiger partial charge in [-0.3, -0.25) is 4.98 Å². The summed E-state index contributed by atoms with van der Waals surface area (Å²) in [7, 11) is 1.61. The van der Waals surface area contributed by atoms with E-state index in [0.29, 0.717) is 5.75 Å². The van der Waals surface area contributed by atoms with Crippen molar-refractivity contribution in [2.24, 2.45) is 0 Å². The van der Waals surface area contributed by atoms with E-state index in [1.54, 1.807) is 7.11 Å². The van der Waals surface area contributed by atoms with Crippen LogP contribution in [-0.4, -0.2) is 17.2 Å². The van der Waals surface area contributed by atoms with E-state index in [1.165, 1.54) is 0 Å². The Balaban J connectivity index is 2.29. The summed E-state index contributed by atoms with van der Waals surface area (Å²) in [5.41, 5.74) is 2.95. The largest absolute Gasteiger partial charge is 0.496 e. The van der Waals surface area contributed by atoms with Crippen molar-refractivity contribution >= 4 is 10.8 Å². The zero-order valence-corrected chi connectivity index (χ0v) is 11.2. The van der Waals surface area contributed by atoms with Crippen molar-refractivity contribution in [3.05, 3.63) is 60.4 Å². The molecule has 0 bridgehead atoms. The molecule has 0 spiro atoms. The number of nitrogens with zero attached hydrogens (tertiary/aromatic N) is 1. The smallest absolute Gasteiger partial charge is 0.125 e. The van der Waals surface area contributed by atoms with Crippen LogP contribution in [0.2, 0.25) is 0 Å². The van der Waals surface area contributed by atoms with Crippen LogP contribution in [0.5, 0.6) is 5.75 Å². The zero-order chi connectivity index (χ0) is 13.9. The molecule has 0 fully saturated rings. The monoisotopic (exact) mass is 265 g/mol. The lowest BCUT2D eigenvalue weighted by molar-refractivity contribution is 0.274. The molecule has 1 N–H and O–H groups in total. The average Bonchev–Trinajstić information content (AvgIpc) is 2.53. The number of aliphatic hydroxyl groups is 1. The maximum absolute atomic E-state index is 9.47. The van der Waals surface area contributed by atoms with Crippen LogP contribution < -0.4 is 4.74 Å². The van der Waals surface area contributed by atoms with Crippen LogP contribution in [0.1, 0.15) is 5.56 Å². The quantitative estimate of drug-likeness (QED) is 0.789. The van der Waals surface area contributed by atoms with E-state index in [-0.39, 0.29) is 6.61 Å². The number of benzene rings is 2. The normalized spacial score (nSPS) is 10.7. The highest BCUT2D eigenvalue weighted by Crippen LogP contribution is 2.32. The van der Waals surface area contributed by atoms with E-state index in [4.69, 9.17) is 4.74 Å². The lowest BCUT2D eigenvalue weighted by Gasteiger charge is -2.11. The van der Waals surface area contributed by atoms with Gasteiger partial charge >= 0.3 is 0 Å². The van der Waals surface area contributed by atoms with E-state index in [1.807, 2.05) is 42.7 Å². The first kappa shape index (κ1) is 12.6. The number of aliphatic hydroxyl groups excluding tert-OH is 1. The first-order valence-electron chi connectivity index (χ1n) is 6.44. The van der Waals surface area contributed by atoms with Crippen molar-refractivity contribution < 1.29 is 9.84 Å². The molecule has 20 heavy (non-hydrogen) atoms. The van der Waals surface area contributed by atoms with Gasteiger partial charge in [0.05, 0.1) is 13.7 Å². The van der Waals surface area contributed by atoms with E-state index in [2.05, 4.69) is 17.1 Å². The van der Waals surface area contributed by atoms with Gasteiger partial charge in [0.25, 0.3) is 0 Å². The topological polar surface area (TPSA) is 42.4 Å². The zero-order valence-electron chi connectivity index (χ0n) is 11.2. The van der Waals surface area contributed by atoms with Gasteiger partial charge in [-0.2, -0.15) is 0 Å². The molecule has 3 rings (SSSR count). The van der Waals surface area contributed by atoms with Gasteiger partial charge in [0.2, 0.25) is 0 Å². The predicted molar refractivity (Wildman–Crippen MR) is 79.7 cm³/mol. The SMILES string of the molecule is COc1cc2cncc(-c3ccccc3)c2cc1CO. The van der Waals surface area contributed by atoms with Crippen molar-refractivity contribution in [1.82, 2.24) is 4.98 Å². The second kappa shape index (κ2) is 5.31. The highest BCUT2D eigenvalue weighted by atomic mass is 16.5. The number of hydrogen-bond acceptors (Lipinski definition) is 3. The molecule has 0 atom stereocenters. The predicted octanol–water partition coefficient (Wildman–Crippen LogP) is 3.40. The number of hydrogen-bond donors (Lipinski definition) is 1. The molecule has 0 unspecified atom stereocenters. The maximum Gasteiger partial charge on any atom is 0.125 e. The Hall–Kier alpha value is -2.39. The number of pyridine rings is 1. The van der Waals surface area contributed by atoms with Gasteiger partial charge in [-0.15, -0.1) is 0 Å². The minimum absolute atomic E-state index is 0.0460. The Labute approximate surface area is 117 Å². The molecule has 100 valence electrons. The summed E-state index contributed by atoms with van der Waals surface area (Å²) in [6, 6.07) is 14.0. The van der Waals surface area contributed by atoms with Crippen LogP contribution in [-0.2, 0) is 6.61 Å². The highest BCUT2D eigenvalue weighted by molar-refractivity contribution is 5.97. The molecule has 3 aromatic rings. The summed E-state index contributed by atoms with van der Waals surface area (Å²) < 4.78 is 5.30. The van der Waals surface area contributed by atoms with Crippen LogP contribution in [0.25, 0.3) is 21.9 Å². The molecule has 3 heteroatoms. The van der Waals surface area contributed by atoms with Crippen molar-refractivity contribution in [2.75, 3.05) is 7.11 Å². The molecule has 1 heterocycles. The van der Waals surface area contributed by atoms with Crippen molar-refractivity contribution in [3.8, 4) is 16.9 Å². The van der Waals surface area contributed by atoms with Gasteiger partial charge in [-0.05, 0) is 23.1 Å². The van der Waals surface area contributed by atoms with Crippen LogP contribution in [0.15, 0.2) is 54.9 Å². The number of rotatable bonds is 3. The summed E-state index contributed by atoms with van der Waals surface area (Å²) in [5.74, 6) is 0.687. The average molecular weight is 265 g/mol. The Morgan fingerprint density at radius 1 is 1.10 bits per heavy atom. The van der Waals surface area contributed by atoms with Gasteiger partial charge < -0.3 is 9.84 Å². The van der Waals surface area contributed by atoms with Gasteiger partial charge in [-0.25, -0.2) is 0 Å². The maximum atomic E-state index is 9.47. The molecule has 3 nitrogen and oxygen atoms in total. The fraction of sp³-hybridized carbons (Fsp3) is 0.118. The Morgan fingerprint density at radius 3 is 2.60 bits per heavy atom. The van der Waals surface area contributed by atoms with E-state index < -0.39 is 0 Å². The molecule has 0 radical (unpaired) electrons. The number of methoxy groups -OCH3 is 1. The van der Waals surface area contributed by atoms with Crippen molar-refractivity contribution in [1.29, 1.82) is 0 Å². The van der Waals surface area contributed by atoms with Crippen LogP contribution in [0.4, 0.5) is 0 Å². The third kappa shape index (κ3) is 2.12. The Morgan fingerprint density at radius 2 is 1.90 bits per heavy atom. The van der Waals surface area contributed by atoms with Crippen LogP contribution >= 0.6 is 0 Å². The van der Waals surface area contributed by atoms with Gasteiger partial charge in [-0.1, -0.05) is 30.3 Å². The highest BCUT2D eigenvalue weighted by Gasteiger charge is 2.09. The molecular weight excluding hydrogens is 250 g/mol. The molecule has 1 aromatic heterocycles. The second-order valence-electron chi connectivity index (χ2n) is 4.60. The van der Waals surface area contributed by atoms with Crippen molar-refractivity contribution in [2.45, 2.75) is 6.61 Å². The Kier molecular flexibility index (Phi) is 3.35. The summed E-state index contributed by atoms with van der Waals surface area (Å²) in [5, 5.41) is 11.5. The van der Waals surface area contributed by atoms with Gasteiger partial charge in [0.15, 0.2) is 0 Å². The summed E-state index contributed by atoms with van der Waals surface area (Å²) in [4.78, 5) is 4.30. The van der Waals surface area contributed by atoms with E-state index in [0.717, 1.165) is 27.5 Å². The number of aromatic nitrogens is 1. The minimum atomic E-state index is -0.0460.